The summed E-state index contributed by atoms with van der Waals surface area (Å²) < 4.78 is 6.93. The standard InChI is InChI=1S/C8H10N4O.C4H10/c1-5-10-7-6(8(11-5)13-3)9-4-12(7)2;1-4(2)3/h4H,1-3H3;4H,1-3H3. The van der Waals surface area contributed by atoms with Gasteiger partial charge in [0.05, 0.1) is 13.4 Å². The molecule has 0 saturated carbocycles. The first-order valence-electron chi connectivity index (χ1n) is 5.65. The van der Waals surface area contributed by atoms with Gasteiger partial charge < -0.3 is 9.30 Å². The maximum absolute atomic E-state index is 5.09. The molecule has 5 nitrogen and oxygen atoms in total. The fourth-order valence-corrected chi connectivity index (χ4v) is 1.23. The van der Waals surface area contributed by atoms with Crippen LogP contribution in [-0.2, 0) is 7.05 Å². The SMILES string of the molecule is CC(C)C.COc1nc(C)nc2c1ncn2C. The molecule has 17 heavy (non-hydrogen) atoms. The average Bonchev–Trinajstić information content (AvgIpc) is 2.59. The zero-order valence-electron chi connectivity index (χ0n) is 11.4. The Morgan fingerprint density at radius 1 is 1.24 bits per heavy atom. The Bertz CT molecular complexity index is 488. The van der Waals surface area contributed by atoms with E-state index in [1.807, 2.05) is 18.5 Å². The summed E-state index contributed by atoms with van der Waals surface area (Å²) in [5.41, 5.74) is 1.50. The Morgan fingerprint density at radius 2 is 1.82 bits per heavy atom. The number of rotatable bonds is 1. The van der Waals surface area contributed by atoms with E-state index in [2.05, 4.69) is 35.7 Å². The average molecular weight is 236 g/mol. The van der Waals surface area contributed by atoms with Crippen LogP contribution in [-0.4, -0.2) is 26.6 Å². The number of aromatic nitrogens is 4. The highest BCUT2D eigenvalue weighted by Gasteiger charge is 2.09. The predicted molar refractivity (Wildman–Crippen MR) is 68.1 cm³/mol. The summed E-state index contributed by atoms with van der Waals surface area (Å²) in [4.78, 5) is 12.5. The minimum absolute atomic E-state index is 0.531. The van der Waals surface area contributed by atoms with Crippen molar-refractivity contribution in [3.8, 4) is 5.88 Å². The Balaban J connectivity index is 0.000000317. The molecular weight excluding hydrogens is 216 g/mol. The van der Waals surface area contributed by atoms with Gasteiger partial charge in [-0.15, -0.1) is 0 Å². The Labute approximate surface area is 102 Å². The number of methoxy groups -OCH3 is 1. The normalized spacial score (nSPS) is 10.3. The lowest BCUT2D eigenvalue weighted by molar-refractivity contribution is 0.400. The van der Waals surface area contributed by atoms with Gasteiger partial charge in [-0.2, -0.15) is 4.98 Å². The maximum Gasteiger partial charge on any atom is 0.245 e. The van der Waals surface area contributed by atoms with E-state index < -0.39 is 0 Å². The summed E-state index contributed by atoms with van der Waals surface area (Å²) in [5.74, 6) is 2.05. The lowest BCUT2D eigenvalue weighted by atomic mass is 10.3. The Kier molecular flexibility index (Phi) is 4.43. The number of nitrogens with zero attached hydrogens (tertiary/aromatic N) is 4. The van der Waals surface area contributed by atoms with E-state index in [4.69, 9.17) is 4.74 Å². The van der Waals surface area contributed by atoms with E-state index in [0.717, 1.165) is 11.6 Å². The molecule has 94 valence electrons. The van der Waals surface area contributed by atoms with E-state index in [-0.39, 0.29) is 0 Å². The second kappa shape index (κ2) is 5.61. The van der Waals surface area contributed by atoms with Crippen molar-refractivity contribution in [2.45, 2.75) is 27.7 Å². The molecule has 0 amide bonds. The third kappa shape index (κ3) is 3.41. The number of hydrogen-bond acceptors (Lipinski definition) is 4. The van der Waals surface area contributed by atoms with Gasteiger partial charge >= 0.3 is 0 Å². The molecule has 0 N–H and O–H groups in total. The summed E-state index contributed by atoms with van der Waals surface area (Å²) in [6, 6.07) is 0. The molecule has 0 unspecified atom stereocenters. The van der Waals surface area contributed by atoms with Crippen LogP contribution in [0.3, 0.4) is 0 Å². The monoisotopic (exact) mass is 236 g/mol. The first-order valence-corrected chi connectivity index (χ1v) is 5.65. The number of fused-ring (bicyclic) bond motifs is 1. The molecule has 2 heterocycles. The third-order valence-electron chi connectivity index (χ3n) is 1.83. The molecule has 0 saturated heterocycles. The van der Waals surface area contributed by atoms with Crippen molar-refractivity contribution >= 4 is 11.2 Å². The van der Waals surface area contributed by atoms with Gasteiger partial charge in [0, 0.05) is 7.05 Å². The molecular formula is C12H20N4O. The molecule has 0 fully saturated rings. The van der Waals surface area contributed by atoms with Gasteiger partial charge in [-0.25, -0.2) is 9.97 Å². The zero-order valence-corrected chi connectivity index (χ0v) is 11.4. The number of imidazole rings is 1. The van der Waals surface area contributed by atoms with Crippen LogP contribution in [0.25, 0.3) is 11.2 Å². The van der Waals surface area contributed by atoms with E-state index in [1.165, 1.54) is 0 Å². The van der Waals surface area contributed by atoms with Gasteiger partial charge in [0.2, 0.25) is 5.88 Å². The van der Waals surface area contributed by atoms with Crippen molar-refractivity contribution in [3.63, 3.8) is 0 Å². The maximum atomic E-state index is 5.09. The molecule has 2 rings (SSSR count). The van der Waals surface area contributed by atoms with Gasteiger partial charge in [0.1, 0.15) is 5.82 Å². The fourth-order valence-electron chi connectivity index (χ4n) is 1.23. The molecule has 2 aromatic heterocycles. The van der Waals surface area contributed by atoms with Crippen molar-refractivity contribution in [1.29, 1.82) is 0 Å². The quantitative estimate of drug-likeness (QED) is 0.762. The largest absolute Gasteiger partial charge is 0.479 e. The second-order valence-electron chi connectivity index (χ2n) is 4.54. The molecule has 0 atom stereocenters. The van der Waals surface area contributed by atoms with Crippen LogP contribution in [0, 0.1) is 12.8 Å². The van der Waals surface area contributed by atoms with Crippen LogP contribution in [0.1, 0.15) is 26.6 Å². The van der Waals surface area contributed by atoms with Crippen molar-refractivity contribution in [1.82, 2.24) is 19.5 Å². The zero-order chi connectivity index (χ0) is 13.0. The molecule has 0 aliphatic carbocycles. The minimum Gasteiger partial charge on any atom is -0.479 e. The van der Waals surface area contributed by atoms with Gasteiger partial charge in [-0.05, 0) is 12.8 Å². The van der Waals surface area contributed by atoms with Gasteiger partial charge in [0.15, 0.2) is 11.2 Å². The summed E-state index contributed by atoms with van der Waals surface area (Å²) in [6.45, 7) is 8.33. The third-order valence-corrected chi connectivity index (χ3v) is 1.83. The summed E-state index contributed by atoms with van der Waals surface area (Å²) in [5, 5.41) is 0. The number of hydrogen-bond donors (Lipinski definition) is 0. The molecule has 5 heteroatoms. The summed E-state index contributed by atoms with van der Waals surface area (Å²) in [7, 11) is 3.47. The smallest absolute Gasteiger partial charge is 0.245 e. The first kappa shape index (κ1) is 13.4. The lowest BCUT2D eigenvalue weighted by Crippen LogP contribution is -1.96. The van der Waals surface area contributed by atoms with Crippen LogP contribution in [0.4, 0.5) is 0 Å². The highest BCUT2D eigenvalue weighted by Crippen LogP contribution is 2.19. The van der Waals surface area contributed by atoms with Gasteiger partial charge in [-0.3, -0.25) is 0 Å². The van der Waals surface area contributed by atoms with E-state index in [0.29, 0.717) is 17.2 Å². The van der Waals surface area contributed by atoms with E-state index in [1.54, 1.807) is 13.4 Å². The van der Waals surface area contributed by atoms with Crippen molar-refractivity contribution in [2.75, 3.05) is 7.11 Å². The fraction of sp³-hybridized carbons (Fsp3) is 0.583. The van der Waals surface area contributed by atoms with Gasteiger partial charge in [0.25, 0.3) is 0 Å². The Hall–Kier alpha value is -1.65. The Morgan fingerprint density at radius 3 is 2.35 bits per heavy atom. The van der Waals surface area contributed by atoms with Crippen molar-refractivity contribution in [3.05, 3.63) is 12.2 Å². The van der Waals surface area contributed by atoms with E-state index in [9.17, 15) is 0 Å². The number of aryl methyl sites for hydroxylation is 2. The molecule has 0 aliphatic heterocycles. The van der Waals surface area contributed by atoms with Crippen molar-refractivity contribution < 1.29 is 4.74 Å². The summed E-state index contributed by atoms with van der Waals surface area (Å²) in [6.07, 6.45) is 1.70. The van der Waals surface area contributed by atoms with Crippen LogP contribution in [0.15, 0.2) is 6.33 Å². The number of ether oxygens (including phenoxy) is 1. The highest BCUT2D eigenvalue weighted by molar-refractivity contribution is 5.76. The summed E-state index contributed by atoms with van der Waals surface area (Å²) >= 11 is 0. The van der Waals surface area contributed by atoms with Crippen LogP contribution in [0.5, 0.6) is 5.88 Å². The van der Waals surface area contributed by atoms with Crippen LogP contribution < -0.4 is 4.74 Å². The molecule has 0 aromatic carbocycles. The van der Waals surface area contributed by atoms with Crippen LogP contribution >= 0.6 is 0 Å². The predicted octanol–water partition coefficient (Wildman–Crippen LogP) is 2.34. The van der Waals surface area contributed by atoms with Crippen LogP contribution in [0.2, 0.25) is 0 Å². The minimum atomic E-state index is 0.531. The highest BCUT2D eigenvalue weighted by atomic mass is 16.5. The molecule has 0 spiro atoms. The van der Waals surface area contributed by atoms with E-state index >= 15 is 0 Å². The topological polar surface area (TPSA) is 52.8 Å². The lowest BCUT2D eigenvalue weighted by Gasteiger charge is -2.00. The van der Waals surface area contributed by atoms with Gasteiger partial charge in [-0.1, -0.05) is 20.8 Å². The molecule has 2 aromatic rings. The molecule has 0 aliphatic rings. The second-order valence-corrected chi connectivity index (χ2v) is 4.54. The first-order chi connectivity index (χ1) is 7.95. The van der Waals surface area contributed by atoms with Crippen molar-refractivity contribution in [2.24, 2.45) is 13.0 Å². The molecule has 0 radical (unpaired) electrons. The molecule has 0 bridgehead atoms.